The van der Waals surface area contributed by atoms with Gasteiger partial charge < -0.3 is 33.6 Å². The molecule has 0 spiro atoms. The van der Waals surface area contributed by atoms with E-state index in [1.807, 2.05) is 30.3 Å². The molecular weight excluding hydrogens is 552 g/mol. The Bertz CT molecular complexity index is 1880. The lowest BCUT2D eigenvalue weighted by Crippen LogP contribution is -2.23. The summed E-state index contributed by atoms with van der Waals surface area (Å²) >= 11 is 0. The Labute approximate surface area is 246 Å². The molecule has 4 aromatic carbocycles. The van der Waals surface area contributed by atoms with Gasteiger partial charge in [0.25, 0.3) is 0 Å². The molecule has 9 heteroatoms. The molecule has 218 valence electrons. The van der Waals surface area contributed by atoms with Crippen LogP contribution in [0.2, 0.25) is 0 Å². The highest BCUT2D eigenvalue weighted by molar-refractivity contribution is 5.96. The van der Waals surface area contributed by atoms with E-state index in [2.05, 4.69) is 0 Å². The summed E-state index contributed by atoms with van der Waals surface area (Å²) in [5.41, 5.74) is 1.91. The summed E-state index contributed by atoms with van der Waals surface area (Å²) in [6.07, 6.45) is 0.436. The fourth-order valence-electron chi connectivity index (χ4n) is 5.40. The zero-order valence-corrected chi connectivity index (χ0v) is 23.5. The van der Waals surface area contributed by atoms with Gasteiger partial charge in [0.2, 0.25) is 5.75 Å². The van der Waals surface area contributed by atoms with Crippen LogP contribution in [0.1, 0.15) is 29.0 Å². The van der Waals surface area contributed by atoms with E-state index in [-0.39, 0.29) is 34.5 Å². The number of ether oxygens (including phenoxy) is 4. The molecule has 43 heavy (non-hydrogen) atoms. The third-order valence-electron chi connectivity index (χ3n) is 7.51. The van der Waals surface area contributed by atoms with Crippen LogP contribution in [-0.4, -0.2) is 37.0 Å². The molecule has 1 aliphatic heterocycles. The fourth-order valence-corrected chi connectivity index (χ4v) is 5.40. The molecule has 1 atom stereocenters. The highest BCUT2D eigenvalue weighted by Crippen LogP contribution is 2.54. The fraction of sp³-hybridized carbons (Fsp3) is 0.176. The van der Waals surface area contributed by atoms with Crippen molar-refractivity contribution in [3.8, 4) is 45.8 Å². The van der Waals surface area contributed by atoms with Crippen molar-refractivity contribution >= 4 is 16.9 Å². The molecule has 0 radical (unpaired) electrons. The average Bonchev–Trinajstić information content (AvgIpc) is 3.03. The molecule has 0 aliphatic carbocycles. The Morgan fingerprint density at radius 1 is 0.884 bits per heavy atom. The number of hydrogen-bond acceptors (Lipinski definition) is 9. The number of benzene rings is 4. The number of esters is 1. The largest absolute Gasteiger partial charge is 0.504 e. The van der Waals surface area contributed by atoms with Crippen molar-refractivity contribution < 1.29 is 38.4 Å². The van der Waals surface area contributed by atoms with E-state index >= 15 is 0 Å². The van der Waals surface area contributed by atoms with Crippen molar-refractivity contribution in [1.82, 2.24) is 0 Å². The van der Waals surface area contributed by atoms with Crippen LogP contribution < -0.4 is 24.4 Å². The first kappa shape index (κ1) is 27.7. The predicted molar refractivity (Wildman–Crippen MR) is 159 cm³/mol. The number of fused-ring (bicyclic) bond motifs is 3. The maximum atomic E-state index is 13.3. The normalized spacial score (nSPS) is 14.2. The first-order chi connectivity index (χ1) is 20.9. The number of hydrogen-bond donors (Lipinski definition) is 2. The molecule has 0 fully saturated rings. The molecule has 5 aromatic rings. The highest BCUT2D eigenvalue weighted by atomic mass is 16.5. The predicted octanol–water partition coefficient (Wildman–Crippen LogP) is 5.95. The van der Waals surface area contributed by atoms with Crippen LogP contribution in [0.25, 0.3) is 22.3 Å². The maximum absolute atomic E-state index is 13.3. The lowest BCUT2D eigenvalue weighted by molar-refractivity contribution is -0.135. The number of rotatable bonds is 8. The Morgan fingerprint density at radius 3 is 2.37 bits per heavy atom. The second-order valence-corrected chi connectivity index (χ2v) is 10.0. The van der Waals surface area contributed by atoms with Crippen molar-refractivity contribution in [2.24, 2.45) is 0 Å². The van der Waals surface area contributed by atoms with Gasteiger partial charge >= 0.3 is 5.97 Å². The van der Waals surface area contributed by atoms with Crippen molar-refractivity contribution in [2.75, 3.05) is 20.8 Å². The van der Waals surface area contributed by atoms with Gasteiger partial charge in [0.15, 0.2) is 28.4 Å². The molecular formula is C34H28O9. The molecule has 0 amide bonds. The zero-order valence-electron chi connectivity index (χ0n) is 23.5. The molecule has 2 heterocycles. The summed E-state index contributed by atoms with van der Waals surface area (Å²) in [6, 6.07) is 23.2. The molecule has 0 saturated heterocycles. The van der Waals surface area contributed by atoms with Crippen LogP contribution in [0.5, 0.6) is 34.5 Å². The Kier molecular flexibility index (Phi) is 7.38. The number of para-hydroxylation sites is 1. The highest BCUT2D eigenvalue weighted by Gasteiger charge is 2.38. The van der Waals surface area contributed by atoms with Crippen LogP contribution >= 0.6 is 0 Å². The van der Waals surface area contributed by atoms with Gasteiger partial charge in [0.1, 0.15) is 22.5 Å². The number of methoxy groups -OCH3 is 2. The molecule has 9 nitrogen and oxygen atoms in total. The first-order valence-corrected chi connectivity index (χ1v) is 13.6. The smallest absolute Gasteiger partial charge is 0.312 e. The van der Waals surface area contributed by atoms with Crippen molar-refractivity contribution in [2.45, 2.75) is 18.8 Å². The van der Waals surface area contributed by atoms with Gasteiger partial charge in [-0.15, -0.1) is 0 Å². The van der Waals surface area contributed by atoms with E-state index in [9.17, 15) is 19.8 Å². The minimum absolute atomic E-state index is 0.00107. The van der Waals surface area contributed by atoms with E-state index < -0.39 is 28.8 Å². The number of phenols is 2. The van der Waals surface area contributed by atoms with E-state index in [1.54, 1.807) is 49.6 Å². The summed E-state index contributed by atoms with van der Waals surface area (Å²) in [5.74, 6) is -1.29. The van der Waals surface area contributed by atoms with Gasteiger partial charge in [-0.1, -0.05) is 54.6 Å². The van der Waals surface area contributed by atoms with Gasteiger partial charge in [-0.3, -0.25) is 9.59 Å². The van der Waals surface area contributed by atoms with E-state index in [0.717, 1.165) is 11.3 Å². The Hall–Kier alpha value is -5.44. The van der Waals surface area contributed by atoms with E-state index in [4.69, 9.17) is 23.4 Å². The van der Waals surface area contributed by atoms with Crippen LogP contribution in [0.3, 0.4) is 0 Å². The third kappa shape index (κ3) is 5.10. The minimum Gasteiger partial charge on any atom is -0.504 e. The summed E-state index contributed by atoms with van der Waals surface area (Å²) in [7, 11) is 3.13. The summed E-state index contributed by atoms with van der Waals surface area (Å²) in [5, 5.41) is 21.6. The third-order valence-corrected chi connectivity index (χ3v) is 7.51. The lowest BCUT2D eigenvalue weighted by Gasteiger charge is -2.28. The van der Waals surface area contributed by atoms with Gasteiger partial charge in [-0.05, 0) is 23.8 Å². The SMILES string of the molecule is COc1ccc(CCOc2c(OC)cccc2[C@@H]2CC(=O)Oc3c(O)c(O)c4c(=O)cc(-c5ccccc5)oc4c32)cc1. The Morgan fingerprint density at radius 2 is 1.65 bits per heavy atom. The van der Waals surface area contributed by atoms with Crippen molar-refractivity contribution in [3.63, 3.8) is 0 Å². The number of aromatic hydroxyl groups is 2. The monoisotopic (exact) mass is 580 g/mol. The van der Waals surface area contributed by atoms with Gasteiger partial charge in [-0.25, -0.2) is 0 Å². The second-order valence-electron chi connectivity index (χ2n) is 10.0. The Balaban J connectivity index is 1.49. The van der Waals surface area contributed by atoms with Gasteiger partial charge in [0, 0.05) is 29.5 Å². The van der Waals surface area contributed by atoms with Crippen LogP contribution in [0, 0.1) is 0 Å². The minimum atomic E-state index is -0.773. The standard InChI is InChI=1S/C34H28O9/c1-39-21-13-11-19(12-14-21)15-16-41-32-22(9-6-10-25(32)40-2)23-17-27(36)43-34-28(23)33-29(30(37)31(34)38)24(35)18-26(42-33)20-7-4-3-5-8-20/h3-14,18,23,37-38H,15-17H2,1-2H3/t23-/m0/s1. The van der Waals surface area contributed by atoms with Gasteiger partial charge in [-0.2, -0.15) is 0 Å². The lowest BCUT2D eigenvalue weighted by atomic mass is 9.84. The first-order valence-electron chi connectivity index (χ1n) is 13.6. The molecule has 0 unspecified atom stereocenters. The van der Waals surface area contributed by atoms with Crippen molar-refractivity contribution in [3.05, 3.63) is 106 Å². The van der Waals surface area contributed by atoms with Crippen LogP contribution in [0.4, 0.5) is 0 Å². The molecule has 6 rings (SSSR count). The topological polar surface area (TPSA) is 125 Å². The number of phenolic OH excluding ortho intramolecular Hbond substituents is 2. The van der Waals surface area contributed by atoms with Crippen LogP contribution in [-0.2, 0) is 11.2 Å². The summed E-state index contributed by atoms with van der Waals surface area (Å²) in [6.45, 7) is 0.290. The molecule has 0 bridgehead atoms. The van der Waals surface area contributed by atoms with Crippen LogP contribution in [0.15, 0.2) is 88.1 Å². The second kappa shape index (κ2) is 11.4. The molecule has 0 saturated carbocycles. The average molecular weight is 581 g/mol. The van der Waals surface area contributed by atoms with Gasteiger partial charge in [0.05, 0.1) is 32.8 Å². The van der Waals surface area contributed by atoms with E-state index in [1.165, 1.54) is 13.2 Å². The molecule has 2 N–H and O–H groups in total. The summed E-state index contributed by atoms with van der Waals surface area (Å²) in [4.78, 5) is 26.2. The summed E-state index contributed by atoms with van der Waals surface area (Å²) < 4.78 is 28.9. The molecule has 1 aliphatic rings. The number of carbonyl (C=O) groups is 1. The van der Waals surface area contributed by atoms with E-state index in [0.29, 0.717) is 35.7 Å². The number of carbonyl (C=O) groups excluding carboxylic acids is 1. The molecule has 1 aromatic heterocycles. The zero-order chi connectivity index (χ0) is 30.1. The quantitative estimate of drug-likeness (QED) is 0.130. The maximum Gasteiger partial charge on any atom is 0.312 e. The van der Waals surface area contributed by atoms with Crippen molar-refractivity contribution in [1.29, 1.82) is 0 Å².